The van der Waals surface area contributed by atoms with Crippen LogP contribution in [0.5, 0.6) is 0 Å². The molecular weight excluding hydrogens is 232 g/mol. The van der Waals surface area contributed by atoms with Crippen LogP contribution < -0.4 is 0 Å². The molecule has 0 aliphatic heterocycles. The second-order valence-electron chi connectivity index (χ2n) is 7.47. The van der Waals surface area contributed by atoms with E-state index in [4.69, 9.17) is 0 Å². The van der Waals surface area contributed by atoms with Crippen molar-refractivity contribution in [1.29, 1.82) is 0 Å². The summed E-state index contributed by atoms with van der Waals surface area (Å²) in [4.78, 5) is 11.3. The van der Waals surface area contributed by atoms with E-state index in [1.54, 1.807) is 0 Å². The van der Waals surface area contributed by atoms with Gasteiger partial charge in [-0.2, -0.15) is 0 Å². The van der Waals surface area contributed by atoms with E-state index < -0.39 is 0 Å². The maximum absolute atomic E-state index is 11.3. The number of fused-ring (bicyclic) bond motifs is 1. The van der Waals surface area contributed by atoms with Gasteiger partial charge in [0.05, 0.1) is 0 Å². The van der Waals surface area contributed by atoms with Gasteiger partial charge in [0.1, 0.15) is 6.29 Å². The van der Waals surface area contributed by atoms with Gasteiger partial charge in [-0.1, -0.05) is 34.6 Å². The molecule has 0 amide bonds. The minimum absolute atomic E-state index is 0.153. The number of carbonyl (C=O) groups is 1. The Balaban J connectivity index is 2.86. The molecule has 0 saturated carbocycles. The maximum atomic E-state index is 11.3. The third-order valence-electron chi connectivity index (χ3n) is 5.49. The molecule has 0 fully saturated rings. The molecule has 1 aliphatic carbocycles. The van der Waals surface area contributed by atoms with Gasteiger partial charge in [0.2, 0.25) is 0 Å². The summed E-state index contributed by atoms with van der Waals surface area (Å²) in [5.74, 6) is 0.648. The van der Waals surface area contributed by atoms with Crippen LogP contribution in [-0.2, 0) is 10.8 Å². The third kappa shape index (κ3) is 1.94. The van der Waals surface area contributed by atoms with Crippen molar-refractivity contribution < 1.29 is 4.79 Å². The Morgan fingerprint density at radius 3 is 2.26 bits per heavy atom. The van der Waals surface area contributed by atoms with Crippen molar-refractivity contribution in [1.82, 2.24) is 0 Å². The molecule has 19 heavy (non-hydrogen) atoms. The Labute approximate surface area is 117 Å². The van der Waals surface area contributed by atoms with Crippen LogP contribution in [0.2, 0.25) is 0 Å². The first-order valence-corrected chi connectivity index (χ1v) is 7.23. The number of carbonyl (C=O) groups excluding carboxylic acids is 1. The molecule has 0 saturated heterocycles. The highest BCUT2D eigenvalue weighted by molar-refractivity contribution is 5.79. The number of benzene rings is 1. The molecule has 0 bridgehead atoms. The van der Waals surface area contributed by atoms with Crippen LogP contribution in [0.1, 0.15) is 73.7 Å². The predicted octanol–water partition coefficient (Wildman–Crippen LogP) is 4.71. The Morgan fingerprint density at radius 1 is 1.16 bits per heavy atom. The lowest BCUT2D eigenvalue weighted by molar-refractivity contribution is 0.112. The van der Waals surface area contributed by atoms with E-state index >= 15 is 0 Å². The normalized spacial score (nSPS) is 23.8. The van der Waals surface area contributed by atoms with Crippen LogP contribution >= 0.6 is 0 Å². The minimum atomic E-state index is 0.153. The smallest absolute Gasteiger partial charge is 0.150 e. The van der Waals surface area contributed by atoms with E-state index in [0.717, 1.165) is 17.4 Å². The summed E-state index contributed by atoms with van der Waals surface area (Å²) < 4.78 is 0. The third-order valence-corrected chi connectivity index (χ3v) is 5.49. The molecule has 0 spiro atoms. The first-order valence-electron chi connectivity index (χ1n) is 7.23. The zero-order chi connectivity index (χ0) is 14.6. The lowest BCUT2D eigenvalue weighted by Crippen LogP contribution is -2.41. The lowest BCUT2D eigenvalue weighted by atomic mass is 9.57. The summed E-state index contributed by atoms with van der Waals surface area (Å²) >= 11 is 0. The Bertz CT molecular complexity index is 535. The largest absolute Gasteiger partial charge is 0.298 e. The topological polar surface area (TPSA) is 17.1 Å². The van der Waals surface area contributed by atoms with E-state index in [2.05, 4.69) is 54.5 Å². The van der Waals surface area contributed by atoms with E-state index in [0.29, 0.717) is 5.92 Å². The summed E-state index contributed by atoms with van der Waals surface area (Å²) in [7, 11) is 0. The fourth-order valence-electron chi connectivity index (χ4n) is 3.81. The van der Waals surface area contributed by atoms with Gasteiger partial charge >= 0.3 is 0 Å². The van der Waals surface area contributed by atoms with Gasteiger partial charge < -0.3 is 0 Å². The van der Waals surface area contributed by atoms with Crippen LogP contribution in [0.25, 0.3) is 0 Å². The van der Waals surface area contributed by atoms with E-state index in [1.165, 1.54) is 23.1 Å². The fraction of sp³-hybridized carbons (Fsp3) is 0.611. The summed E-state index contributed by atoms with van der Waals surface area (Å²) in [6.07, 6.45) is 2.18. The van der Waals surface area contributed by atoms with Crippen LogP contribution in [0, 0.1) is 19.8 Å². The van der Waals surface area contributed by atoms with E-state index in [1.807, 2.05) is 0 Å². The first-order chi connectivity index (χ1) is 8.63. The quantitative estimate of drug-likeness (QED) is 0.667. The van der Waals surface area contributed by atoms with Crippen LogP contribution in [-0.4, -0.2) is 6.29 Å². The van der Waals surface area contributed by atoms with E-state index in [-0.39, 0.29) is 10.8 Å². The van der Waals surface area contributed by atoms with Gasteiger partial charge in [-0.15, -0.1) is 0 Å². The molecule has 1 aromatic rings. The Morgan fingerprint density at radius 2 is 1.74 bits per heavy atom. The minimum Gasteiger partial charge on any atom is -0.298 e. The molecule has 0 heterocycles. The highest BCUT2D eigenvalue weighted by Gasteiger charge is 2.43. The number of rotatable bonds is 1. The molecule has 1 aromatic carbocycles. The first kappa shape index (κ1) is 14.3. The molecule has 2 rings (SSSR count). The number of aldehydes is 1. The maximum Gasteiger partial charge on any atom is 0.150 e. The monoisotopic (exact) mass is 258 g/mol. The van der Waals surface area contributed by atoms with Crippen molar-refractivity contribution in [3.05, 3.63) is 33.9 Å². The van der Waals surface area contributed by atoms with Gasteiger partial charge in [0.15, 0.2) is 0 Å². The van der Waals surface area contributed by atoms with Crippen molar-refractivity contribution in [2.75, 3.05) is 0 Å². The fourth-order valence-corrected chi connectivity index (χ4v) is 3.81. The average molecular weight is 258 g/mol. The van der Waals surface area contributed by atoms with Gasteiger partial charge in [-0.25, -0.2) is 0 Å². The molecule has 1 atom stereocenters. The zero-order valence-corrected chi connectivity index (χ0v) is 13.3. The summed E-state index contributed by atoms with van der Waals surface area (Å²) in [5, 5.41) is 0. The average Bonchev–Trinajstić information content (AvgIpc) is 2.29. The van der Waals surface area contributed by atoms with Crippen molar-refractivity contribution in [2.45, 2.75) is 65.7 Å². The molecule has 1 nitrogen and oxygen atoms in total. The molecule has 104 valence electrons. The predicted molar refractivity (Wildman–Crippen MR) is 81.1 cm³/mol. The van der Waals surface area contributed by atoms with Crippen molar-refractivity contribution >= 4 is 6.29 Å². The molecule has 0 radical (unpaired) electrons. The van der Waals surface area contributed by atoms with Crippen molar-refractivity contribution in [2.24, 2.45) is 5.92 Å². The summed E-state index contributed by atoms with van der Waals surface area (Å²) in [5.41, 5.74) is 6.49. The highest BCUT2D eigenvalue weighted by atomic mass is 16.1. The Kier molecular flexibility index (Phi) is 3.16. The molecule has 1 unspecified atom stereocenters. The summed E-state index contributed by atoms with van der Waals surface area (Å²) in [6, 6.07) is 2.14. The van der Waals surface area contributed by atoms with Crippen molar-refractivity contribution in [3.63, 3.8) is 0 Å². The number of hydrogen-bond donors (Lipinski definition) is 0. The van der Waals surface area contributed by atoms with Crippen molar-refractivity contribution in [3.8, 4) is 0 Å². The van der Waals surface area contributed by atoms with E-state index in [9.17, 15) is 4.79 Å². The molecule has 1 aliphatic rings. The molecular formula is C18H26O. The van der Waals surface area contributed by atoms with Gasteiger partial charge in [-0.05, 0) is 65.3 Å². The molecule has 1 heteroatoms. The Hall–Kier alpha value is -1.11. The molecule has 0 N–H and O–H groups in total. The standard InChI is InChI=1S/C18H26O/c1-11-9-17(4,5)15-8-14(10-19)12(2)13(3)16(15)18(11,6)7/h8,10-11H,9H2,1-7H3. The van der Waals surface area contributed by atoms with Gasteiger partial charge in [0.25, 0.3) is 0 Å². The highest BCUT2D eigenvalue weighted by Crippen LogP contribution is 2.50. The second-order valence-corrected chi connectivity index (χ2v) is 7.47. The molecule has 0 aromatic heterocycles. The SMILES string of the molecule is Cc1c(C=O)cc2c(c1C)C(C)(C)C(C)CC2(C)C. The number of hydrogen-bond acceptors (Lipinski definition) is 1. The second kappa shape index (κ2) is 4.19. The van der Waals surface area contributed by atoms with Crippen LogP contribution in [0.4, 0.5) is 0 Å². The van der Waals surface area contributed by atoms with Crippen LogP contribution in [0.15, 0.2) is 6.07 Å². The van der Waals surface area contributed by atoms with Crippen LogP contribution in [0.3, 0.4) is 0 Å². The van der Waals surface area contributed by atoms with Gasteiger partial charge in [-0.3, -0.25) is 4.79 Å². The van der Waals surface area contributed by atoms with Gasteiger partial charge in [0, 0.05) is 5.56 Å². The summed E-state index contributed by atoms with van der Waals surface area (Å²) in [6.45, 7) is 15.9. The zero-order valence-electron chi connectivity index (χ0n) is 13.3. The lowest BCUT2D eigenvalue weighted by Gasteiger charge is -2.47.